The van der Waals surface area contributed by atoms with Gasteiger partial charge in [0.25, 0.3) is 10.1 Å². The second-order valence-corrected chi connectivity index (χ2v) is 6.45. The average Bonchev–Trinajstić information content (AvgIpc) is 2.53. The van der Waals surface area contributed by atoms with Gasteiger partial charge in [0.1, 0.15) is 0 Å². The quantitative estimate of drug-likeness (QED) is 0.628. The maximum atomic E-state index is 11.9. The highest BCUT2D eigenvalue weighted by molar-refractivity contribution is 7.86. The molecular weight excluding hydrogens is 316 g/mol. The molecule has 0 bridgehead atoms. The molecule has 6 nitrogen and oxygen atoms in total. The fourth-order valence-electron chi connectivity index (χ4n) is 1.79. The molecule has 122 valence electrons. The number of rotatable bonds is 6. The van der Waals surface area contributed by atoms with E-state index >= 15 is 0 Å². The number of carbonyl (C=O) groups is 1. The van der Waals surface area contributed by atoms with Gasteiger partial charge in [-0.25, -0.2) is 4.79 Å². The number of benzene rings is 2. The second-order valence-electron chi connectivity index (χ2n) is 4.84. The van der Waals surface area contributed by atoms with E-state index < -0.39 is 16.1 Å². The van der Waals surface area contributed by atoms with Gasteiger partial charge in [-0.3, -0.25) is 4.18 Å². The number of hydrogen-bond donors (Lipinski definition) is 2. The lowest BCUT2D eigenvalue weighted by atomic mass is 10.2. The summed E-state index contributed by atoms with van der Waals surface area (Å²) >= 11 is 0. The Morgan fingerprint density at radius 3 is 2.35 bits per heavy atom. The zero-order valence-corrected chi connectivity index (χ0v) is 13.5. The van der Waals surface area contributed by atoms with Crippen LogP contribution in [-0.4, -0.2) is 27.6 Å². The minimum Gasteiger partial charge on any atom is -0.335 e. The highest BCUT2D eigenvalue weighted by atomic mass is 32.2. The first kappa shape index (κ1) is 17.0. The molecule has 0 aromatic heterocycles. The highest BCUT2D eigenvalue weighted by Gasteiger charge is 2.14. The van der Waals surface area contributed by atoms with Gasteiger partial charge in [-0.2, -0.15) is 8.42 Å². The van der Waals surface area contributed by atoms with Crippen LogP contribution in [0.4, 0.5) is 10.5 Å². The Bertz CT molecular complexity index is 743. The number of anilines is 1. The standard InChI is InChI=1S/C16H18N2O4S/c1-13-7-9-15(10-8-13)23(20,21)22-12-11-17-16(19)18-14-5-3-2-4-6-14/h2-10H,11-12H2,1H3,(H2,17,18,19). The molecule has 0 fully saturated rings. The minimum absolute atomic E-state index is 0.0732. The lowest BCUT2D eigenvalue weighted by molar-refractivity contribution is 0.247. The topological polar surface area (TPSA) is 84.5 Å². The fraction of sp³-hybridized carbons (Fsp3) is 0.188. The Balaban J connectivity index is 1.76. The molecule has 2 aromatic carbocycles. The summed E-state index contributed by atoms with van der Waals surface area (Å²) in [6.07, 6.45) is 0. The van der Waals surface area contributed by atoms with Crippen LogP contribution in [0.25, 0.3) is 0 Å². The number of urea groups is 1. The van der Waals surface area contributed by atoms with Crippen molar-refractivity contribution in [2.45, 2.75) is 11.8 Å². The van der Waals surface area contributed by atoms with E-state index in [1.165, 1.54) is 12.1 Å². The second kappa shape index (κ2) is 7.75. The zero-order valence-electron chi connectivity index (χ0n) is 12.7. The van der Waals surface area contributed by atoms with Crippen molar-refractivity contribution >= 4 is 21.8 Å². The van der Waals surface area contributed by atoms with Gasteiger partial charge in [-0.1, -0.05) is 35.9 Å². The molecule has 0 unspecified atom stereocenters. The number of para-hydroxylation sites is 1. The molecule has 2 amide bonds. The predicted octanol–water partition coefficient (Wildman–Crippen LogP) is 2.52. The molecule has 0 atom stereocenters. The predicted molar refractivity (Wildman–Crippen MR) is 87.8 cm³/mol. The van der Waals surface area contributed by atoms with Crippen molar-refractivity contribution in [2.24, 2.45) is 0 Å². The van der Waals surface area contributed by atoms with E-state index in [0.717, 1.165) is 5.56 Å². The molecule has 0 spiro atoms. The number of amides is 2. The van der Waals surface area contributed by atoms with Crippen LogP contribution in [0.15, 0.2) is 59.5 Å². The first-order chi connectivity index (χ1) is 11.0. The summed E-state index contributed by atoms with van der Waals surface area (Å²) < 4.78 is 28.7. The van der Waals surface area contributed by atoms with Gasteiger partial charge in [0.15, 0.2) is 0 Å². The molecule has 2 N–H and O–H groups in total. The van der Waals surface area contributed by atoms with Gasteiger partial charge in [0.2, 0.25) is 0 Å². The van der Waals surface area contributed by atoms with Crippen LogP contribution in [0.1, 0.15) is 5.56 Å². The van der Waals surface area contributed by atoms with Crippen molar-refractivity contribution in [3.63, 3.8) is 0 Å². The highest BCUT2D eigenvalue weighted by Crippen LogP contribution is 2.12. The molecule has 23 heavy (non-hydrogen) atoms. The van der Waals surface area contributed by atoms with Crippen molar-refractivity contribution in [1.82, 2.24) is 5.32 Å². The molecule has 0 aliphatic heterocycles. The molecule has 0 heterocycles. The summed E-state index contributed by atoms with van der Waals surface area (Å²) in [7, 11) is -3.81. The van der Waals surface area contributed by atoms with Gasteiger partial charge in [-0.15, -0.1) is 0 Å². The Morgan fingerprint density at radius 2 is 1.70 bits per heavy atom. The molecule has 2 rings (SSSR count). The van der Waals surface area contributed by atoms with Crippen LogP contribution in [0.5, 0.6) is 0 Å². The third-order valence-electron chi connectivity index (χ3n) is 2.97. The third-order valence-corrected chi connectivity index (χ3v) is 4.29. The Labute approximate surface area is 135 Å². The van der Waals surface area contributed by atoms with E-state index in [9.17, 15) is 13.2 Å². The van der Waals surface area contributed by atoms with Crippen molar-refractivity contribution in [2.75, 3.05) is 18.5 Å². The number of nitrogens with one attached hydrogen (secondary N) is 2. The first-order valence-corrected chi connectivity index (χ1v) is 8.44. The maximum absolute atomic E-state index is 11.9. The SMILES string of the molecule is Cc1ccc(S(=O)(=O)OCCNC(=O)Nc2ccccc2)cc1. The van der Waals surface area contributed by atoms with Crippen LogP contribution in [0.2, 0.25) is 0 Å². The molecule has 0 saturated heterocycles. The van der Waals surface area contributed by atoms with Crippen LogP contribution in [-0.2, 0) is 14.3 Å². The summed E-state index contributed by atoms with van der Waals surface area (Å²) in [6, 6.07) is 14.9. The van der Waals surface area contributed by atoms with Gasteiger partial charge < -0.3 is 10.6 Å². The zero-order chi connectivity index (χ0) is 16.7. The van der Waals surface area contributed by atoms with Gasteiger partial charge in [-0.05, 0) is 31.2 Å². The van der Waals surface area contributed by atoms with Crippen LogP contribution in [0.3, 0.4) is 0 Å². The summed E-state index contributed by atoms with van der Waals surface area (Å²) in [5.74, 6) is 0. The van der Waals surface area contributed by atoms with E-state index in [0.29, 0.717) is 5.69 Å². The van der Waals surface area contributed by atoms with E-state index in [4.69, 9.17) is 4.18 Å². The van der Waals surface area contributed by atoms with Crippen molar-refractivity contribution in [3.05, 3.63) is 60.2 Å². The molecule has 0 aliphatic rings. The van der Waals surface area contributed by atoms with Crippen molar-refractivity contribution < 1.29 is 17.4 Å². The van der Waals surface area contributed by atoms with Crippen LogP contribution < -0.4 is 10.6 Å². The first-order valence-electron chi connectivity index (χ1n) is 7.03. The van der Waals surface area contributed by atoms with Crippen LogP contribution in [0, 0.1) is 6.92 Å². The Kier molecular flexibility index (Phi) is 5.72. The molecule has 0 radical (unpaired) electrons. The summed E-state index contributed by atoms with van der Waals surface area (Å²) in [5.41, 5.74) is 1.61. The van der Waals surface area contributed by atoms with Crippen LogP contribution >= 0.6 is 0 Å². The lowest BCUT2D eigenvalue weighted by Gasteiger charge is -2.08. The summed E-state index contributed by atoms with van der Waals surface area (Å²) in [6.45, 7) is 1.80. The van der Waals surface area contributed by atoms with Gasteiger partial charge >= 0.3 is 6.03 Å². The number of hydrogen-bond acceptors (Lipinski definition) is 4. The van der Waals surface area contributed by atoms with Gasteiger partial charge in [0, 0.05) is 12.2 Å². The number of carbonyl (C=O) groups excluding carboxylic acids is 1. The maximum Gasteiger partial charge on any atom is 0.319 e. The summed E-state index contributed by atoms with van der Waals surface area (Å²) in [5, 5.41) is 5.15. The minimum atomic E-state index is -3.81. The van der Waals surface area contributed by atoms with E-state index in [-0.39, 0.29) is 18.0 Å². The van der Waals surface area contributed by atoms with E-state index in [1.54, 1.807) is 36.4 Å². The summed E-state index contributed by atoms with van der Waals surface area (Å²) in [4.78, 5) is 11.7. The molecule has 7 heteroatoms. The van der Waals surface area contributed by atoms with Crippen molar-refractivity contribution in [1.29, 1.82) is 0 Å². The molecule has 0 saturated carbocycles. The normalized spacial score (nSPS) is 11.0. The molecule has 0 aliphatic carbocycles. The van der Waals surface area contributed by atoms with Crippen molar-refractivity contribution in [3.8, 4) is 0 Å². The molecular formula is C16H18N2O4S. The van der Waals surface area contributed by atoms with E-state index in [2.05, 4.69) is 10.6 Å². The largest absolute Gasteiger partial charge is 0.335 e. The Morgan fingerprint density at radius 1 is 1.04 bits per heavy atom. The monoisotopic (exact) mass is 334 g/mol. The lowest BCUT2D eigenvalue weighted by Crippen LogP contribution is -2.32. The Hall–Kier alpha value is -2.38. The fourth-order valence-corrected chi connectivity index (χ4v) is 2.69. The number of aryl methyl sites for hydroxylation is 1. The van der Waals surface area contributed by atoms with E-state index in [1.807, 2.05) is 13.0 Å². The average molecular weight is 334 g/mol. The third kappa shape index (κ3) is 5.39. The smallest absolute Gasteiger partial charge is 0.319 e. The molecule has 2 aromatic rings. The van der Waals surface area contributed by atoms with Gasteiger partial charge in [0.05, 0.1) is 11.5 Å².